The van der Waals surface area contributed by atoms with Crippen LogP contribution < -0.4 is 5.32 Å². The molecule has 0 saturated carbocycles. The molecule has 1 aromatic carbocycles. The second-order valence-corrected chi connectivity index (χ2v) is 7.47. The monoisotopic (exact) mass is 422 g/mol. The molecule has 0 spiro atoms. The lowest BCUT2D eigenvalue weighted by atomic mass is 10.1. The minimum absolute atomic E-state index is 0.367. The molecule has 2 aromatic rings. The minimum Gasteiger partial charge on any atom is -0.357 e. The number of aliphatic imine (C=N–C) groups is 1. The van der Waals surface area contributed by atoms with Crippen LogP contribution in [0.1, 0.15) is 25.0 Å². The molecule has 3 rings (SSSR count). The number of guanidine groups is 1. The quantitative estimate of drug-likeness (QED) is 0.575. The number of nitrogens with one attached hydrogen (secondary N) is 1. The molecule has 1 N–H and O–H groups in total. The number of rotatable bonds is 6. The third-order valence-electron chi connectivity index (χ3n) is 5.30. The summed E-state index contributed by atoms with van der Waals surface area (Å²) in [5, 5.41) is 3.27. The number of aromatic nitrogens is 2. The summed E-state index contributed by atoms with van der Waals surface area (Å²) < 4.78 is 40.9. The Bertz CT molecular complexity index is 810. The first kappa shape index (κ1) is 22.1. The van der Waals surface area contributed by atoms with Gasteiger partial charge in [0.15, 0.2) is 5.96 Å². The lowest BCUT2D eigenvalue weighted by Gasteiger charge is -2.39. The molecule has 2 heterocycles. The zero-order valence-corrected chi connectivity index (χ0v) is 17.4. The summed E-state index contributed by atoms with van der Waals surface area (Å²) in [5.74, 6) is 0.747. The zero-order valence-electron chi connectivity index (χ0n) is 17.4. The van der Waals surface area contributed by atoms with Crippen molar-refractivity contribution < 1.29 is 13.2 Å². The van der Waals surface area contributed by atoms with Crippen LogP contribution in [0.25, 0.3) is 0 Å². The van der Waals surface area contributed by atoms with Crippen LogP contribution in [0.4, 0.5) is 13.2 Å². The third kappa shape index (κ3) is 5.98. The van der Waals surface area contributed by atoms with Crippen LogP contribution in [-0.2, 0) is 13.1 Å². The van der Waals surface area contributed by atoms with Crippen molar-refractivity contribution in [2.75, 3.05) is 32.7 Å². The van der Waals surface area contributed by atoms with Crippen molar-refractivity contribution in [3.05, 3.63) is 54.1 Å². The summed E-state index contributed by atoms with van der Waals surface area (Å²) in [4.78, 5) is 12.3. The van der Waals surface area contributed by atoms with Gasteiger partial charge < -0.3 is 14.8 Å². The van der Waals surface area contributed by atoms with E-state index in [-0.39, 0.29) is 0 Å². The fourth-order valence-corrected chi connectivity index (χ4v) is 3.54. The molecule has 30 heavy (non-hydrogen) atoms. The van der Waals surface area contributed by atoms with E-state index in [9.17, 15) is 13.2 Å². The van der Waals surface area contributed by atoms with Crippen molar-refractivity contribution in [2.45, 2.75) is 39.2 Å². The van der Waals surface area contributed by atoms with Gasteiger partial charge in [-0.25, -0.2) is 9.98 Å². The fraction of sp³-hybridized carbons (Fsp3) is 0.524. The van der Waals surface area contributed by atoms with Gasteiger partial charge in [-0.15, -0.1) is 0 Å². The molecular weight excluding hydrogens is 393 g/mol. The standard InChI is InChI=1S/C21H29F3N6/c1-3-26-20(30-11-9-29(10-12-30)17(2)21(22,23)24)27-14-18-5-4-6-19(13-18)15-28-8-7-25-16-28/h4-8,13,16-17H,3,9-12,14-15H2,1-2H3,(H,26,27). The van der Waals surface area contributed by atoms with Gasteiger partial charge in [0.25, 0.3) is 0 Å². The normalized spacial score (nSPS) is 17.2. The Morgan fingerprint density at radius 2 is 1.93 bits per heavy atom. The van der Waals surface area contributed by atoms with Gasteiger partial charge in [0.05, 0.1) is 12.9 Å². The first-order chi connectivity index (χ1) is 14.4. The highest BCUT2D eigenvalue weighted by Crippen LogP contribution is 2.25. The Kier molecular flexibility index (Phi) is 7.36. The summed E-state index contributed by atoms with van der Waals surface area (Å²) in [6.07, 6.45) is 1.27. The van der Waals surface area contributed by atoms with Crippen LogP contribution in [0, 0.1) is 0 Å². The zero-order chi connectivity index (χ0) is 21.6. The molecule has 1 saturated heterocycles. The lowest BCUT2D eigenvalue weighted by molar-refractivity contribution is -0.181. The van der Waals surface area contributed by atoms with Gasteiger partial charge in [-0.1, -0.05) is 24.3 Å². The Morgan fingerprint density at radius 3 is 2.57 bits per heavy atom. The molecule has 0 radical (unpaired) electrons. The second-order valence-electron chi connectivity index (χ2n) is 7.47. The number of nitrogens with zero attached hydrogens (tertiary/aromatic N) is 5. The van der Waals surface area contributed by atoms with E-state index in [1.165, 1.54) is 17.4 Å². The molecule has 1 aliphatic rings. The molecule has 6 nitrogen and oxygen atoms in total. The minimum atomic E-state index is -4.19. The number of piperazine rings is 1. The topological polar surface area (TPSA) is 48.7 Å². The maximum atomic E-state index is 13.0. The second kappa shape index (κ2) is 9.97. The summed E-state index contributed by atoms with van der Waals surface area (Å²) in [6, 6.07) is 6.82. The van der Waals surface area contributed by atoms with Crippen LogP contribution in [0.3, 0.4) is 0 Å². The van der Waals surface area contributed by atoms with E-state index in [0.717, 1.165) is 18.1 Å². The van der Waals surface area contributed by atoms with Gasteiger partial charge in [0, 0.05) is 51.7 Å². The fourth-order valence-electron chi connectivity index (χ4n) is 3.54. The molecule has 1 unspecified atom stereocenters. The number of halogens is 3. The molecular formula is C21H29F3N6. The lowest BCUT2D eigenvalue weighted by Crippen LogP contribution is -2.56. The Morgan fingerprint density at radius 1 is 1.20 bits per heavy atom. The molecule has 1 fully saturated rings. The Balaban J connectivity index is 1.61. The summed E-state index contributed by atoms with van der Waals surface area (Å²) in [6.45, 7) is 6.96. The average molecular weight is 422 g/mol. The first-order valence-electron chi connectivity index (χ1n) is 10.2. The van der Waals surface area contributed by atoms with E-state index >= 15 is 0 Å². The van der Waals surface area contributed by atoms with Crippen molar-refractivity contribution in [3.63, 3.8) is 0 Å². The van der Waals surface area contributed by atoms with Gasteiger partial charge in [-0.2, -0.15) is 13.2 Å². The van der Waals surface area contributed by atoms with Crippen molar-refractivity contribution in [3.8, 4) is 0 Å². The van der Waals surface area contributed by atoms with Gasteiger partial charge in [0.1, 0.15) is 6.04 Å². The largest absolute Gasteiger partial charge is 0.403 e. The van der Waals surface area contributed by atoms with Crippen molar-refractivity contribution in [2.24, 2.45) is 4.99 Å². The summed E-state index contributed by atoms with van der Waals surface area (Å²) in [7, 11) is 0. The Hall–Kier alpha value is -2.55. The van der Waals surface area contributed by atoms with E-state index in [1.54, 1.807) is 12.5 Å². The van der Waals surface area contributed by atoms with E-state index < -0.39 is 12.2 Å². The van der Waals surface area contributed by atoms with Crippen LogP contribution in [0.5, 0.6) is 0 Å². The van der Waals surface area contributed by atoms with E-state index in [4.69, 9.17) is 4.99 Å². The molecule has 0 amide bonds. The smallest absolute Gasteiger partial charge is 0.357 e. The number of hydrogen-bond acceptors (Lipinski definition) is 3. The number of imidazole rings is 1. The summed E-state index contributed by atoms with van der Waals surface area (Å²) in [5.41, 5.74) is 2.26. The molecule has 164 valence electrons. The van der Waals surface area contributed by atoms with E-state index in [0.29, 0.717) is 39.3 Å². The SMILES string of the molecule is CCNC(=NCc1cccc(Cn2ccnc2)c1)N1CCN(C(C)C(F)(F)F)CC1. The number of benzene rings is 1. The Labute approximate surface area is 175 Å². The van der Waals surface area contributed by atoms with Crippen LogP contribution in [-0.4, -0.2) is 70.3 Å². The average Bonchev–Trinajstić information content (AvgIpc) is 3.23. The predicted molar refractivity (Wildman–Crippen MR) is 111 cm³/mol. The molecule has 0 aliphatic carbocycles. The van der Waals surface area contributed by atoms with E-state index in [2.05, 4.69) is 22.4 Å². The highest BCUT2D eigenvalue weighted by molar-refractivity contribution is 5.80. The maximum absolute atomic E-state index is 13.0. The third-order valence-corrected chi connectivity index (χ3v) is 5.30. The molecule has 0 bridgehead atoms. The van der Waals surface area contributed by atoms with Gasteiger partial charge in [-0.05, 0) is 25.0 Å². The van der Waals surface area contributed by atoms with Crippen molar-refractivity contribution >= 4 is 5.96 Å². The molecule has 1 aromatic heterocycles. The molecule has 9 heteroatoms. The van der Waals surface area contributed by atoms with Crippen LogP contribution >= 0.6 is 0 Å². The van der Waals surface area contributed by atoms with Crippen molar-refractivity contribution in [1.82, 2.24) is 24.7 Å². The van der Waals surface area contributed by atoms with Gasteiger partial charge in [-0.3, -0.25) is 4.90 Å². The summed E-state index contributed by atoms with van der Waals surface area (Å²) >= 11 is 0. The number of hydrogen-bond donors (Lipinski definition) is 1. The van der Waals surface area contributed by atoms with Gasteiger partial charge in [0.2, 0.25) is 0 Å². The number of alkyl halides is 3. The molecule has 1 atom stereocenters. The van der Waals surface area contributed by atoms with Gasteiger partial charge >= 0.3 is 6.18 Å². The molecule has 1 aliphatic heterocycles. The van der Waals surface area contributed by atoms with Crippen LogP contribution in [0.15, 0.2) is 48.0 Å². The highest BCUT2D eigenvalue weighted by atomic mass is 19.4. The predicted octanol–water partition coefficient (Wildman–Crippen LogP) is 2.97. The first-order valence-corrected chi connectivity index (χ1v) is 10.2. The highest BCUT2D eigenvalue weighted by Gasteiger charge is 2.41. The van der Waals surface area contributed by atoms with Crippen molar-refractivity contribution in [1.29, 1.82) is 0 Å². The maximum Gasteiger partial charge on any atom is 0.403 e. The van der Waals surface area contributed by atoms with Crippen LogP contribution in [0.2, 0.25) is 0 Å². The van der Waals surface area contributed by atoms with E-state index in [1.807, 2.05) is 34.7 Å².